The summed E-state index contributed by atoms with van der Waals surface area (Å²) in [7, 11) is 0. The maximum Gasteiger partial charge on any atom is 0.0856 e. The minimum atomic E-state index is 0.371. The van der Waals surface area contributed by atoms with Crippen LogP contribution in [0.1, 0.15) is 12.1 Å². The van der Waals surface area contributed by atoms with Gasteiger partial charge in [-0.1, -0.05) is 37.9 Å². The number of hydrogen-bond acceptors (Lipinski definition) is 2. The van der Waals surface area contributed by atoms with Gasteiger partial charge in [0.15, 0.2) is 0 Å². The van der Waals surface area contributed by atoms with E-state index >= 15 is 0 Å². The van der Waals surface area contributed by atoms with Crippen molar-refractivity contribution in [2.45, 2.75) is 11.2 Å². The van der Waals surface area contributed by atoms with Crippen LogP contribution >= 0.6 is 31.9 Å². The zero-order valence-electron chi connectivity index (χ0n) is 7.32. The van der Waals surface area contributed by atoms with Crippen LogP contribution in [0.4, 0.5) is 0 Å². The first-order valence-corrected chi connectivity index (χ1v) is 5.96. The Morgan fingerprint density at radius 3 is 3.00 bits per heavy atom. The van der Waals surface area contributed by atoms with Crippen LogP contribution in [0.5, 0.6) is 0 Å². The summed E-state index contributed by atoms with van der Waals surface area (Å²) in [5.74, 6) is 0. The summed E-state index contributed by atoms with van der Waals surface area (Å²) in [5.41, 5.74) is 1.96. The highest BCUT2D eigenvalue weighted by Gasteiger charge is 2.12. The number of hydrogen-bond donors (Lipinski definition) is 0. The lowest BCUT2D eigenvalue weighted by Gasteiger charge is -2.11. The molecule has 2 heterocycles. The number of alkyl halides is 1. The molecule has 0 saturated heterocycles. The maximum atomic E-state index is 4.31. The van der Waals surface area contributed by atoms with E-state index in [-0.39, 0.29) is 0 Å². The second-order valence-electron chi connectivity index (χ2n) is 3.00. The third-order valence-corrected chi connectivity index (χ3v) is 3.05. The topological polar surface area (TPSA) is 25.2 Å². The van der Waals surface area contributed by atoms with Crippen LogP contribution in [-0.4, -0.2) is 15.5 Å². The van der Waals surface area contributed by atoms with Gasteiger partial charge in [0, 0.05) is 28.1 Å². The van der Waals surface area contributed by atoms with E-state index in [0.29, 0.717) is 4.83 Å². The number of halogens is 2. The molecule has 1 aromatic heterocycles. The first-order chi connectivity index (χ1) is 6.75. The first kappa shape index (κ1) is 10.1. The van der Waals surface area contributed by atoms with E-state index in [1.165, 1.54) is 0 Å². The average Bonchev–Trinajstić information content (AvgIpc) is 2.18. The summed E-state index contributed by atoms with van der Waals surface area (Å²) in [4.78, 5) is 8.97. The van der Waals surface area contributed by atoms with Crippen LogP contribution in [0.25, 0.3) is 0 Å². The molecule has 1 atom stereocenters. The SMILES string of the molecule is Brc1ccnc(C2=NC=CC(Br)C2)c1. The van der Waals surface area contributed by atoms with E-state index in [1.54, 1.807) is 6.20 Å². The molecule has 14 heavy (non-hydrogen) atoms. The Balaban J connectivity index is 2.31. The molecule has 4 heteroatoms. The van der Waals surface area contributed by atoms with Gasteiger partial charge < -0.3 is 0 Å². The number of nitrogens with zero attached hydrogens (tertiary/aromatic N) is 2. The molecule has 0 bridgehead atoms. The molecule has 2 rings (SSSR count). The molecule has 0 fully saturated rings. The number of allylic oxidation sites excluding steroid dienone is 1. The van der Waals surface area contributed by atoms with E-state index in [9.17, 15) is 0 Å². The third-order valence-electron chi connectivity index (χ3n) is 1.93. The van der Waals surface area contributed by atoms with Crippen molar-refractivity contribution in [2.24, 2.45) is 4.99 Å². The fraction of sp³-hybridized carbons (Fsp3) is 0.200. The average molecular weight is 316 g/mol. The standard InChI is InChI=1S/C10H8Br2N2/c11-7-1-3-13-9(5-7)10-6-8(12)2-4-14-10/h1-5,8H,6H2. The quantitative estimate of drug-likeness (QED) is 0.730. The third kappa shape index (κ3) is 2.30. The van der Waals surface area contributed by atoms with Crippen molar-refractivity contribution >= 4 is 37.6 Å². The Hall–Kier alpha value is -0.480. The molecular weight excluding hydrogens is 308 g/mol. The fourth-order valence-corrected chi connectivity index (χ4v) is 2.04. The number of rotatable bonds is 1. The van der Waals surface area contributed by atoms with Crippen LogP contribution < -0.4 is 0 Å². The normalized spacial score (nSPS) is 20.7. The highest BCUT2D eigenvalue weighted by molar-refractivity contribution is 9.10. The Morgan fingerprint density at radius 2 is 2.29 bits per heavy atom. The molecule has 1 aliphatic rings. The van der Waals surface area contributed by atoms with E-state index < -0.39 is 0 Å². The molecular formula is C10H8Br2N2. The second-order valence-corrected chi connectivity index (χ2v) is 5.09. The molecule has 0 radical (unpaired) electrons. The van der Waals surface area contributed by atoms with Gasteiger partial charge in [-0.2, -0.15) is 0 Å². The molecule has 2 nitrogen and oxygen atoms in total. The van der Waals surface area contributed by atoms with E-state index in [4.69, 9.17) is 0 Å². The van der Waals surface area contributed by atoms with Gasteiger partial charge in [0.05, 0.1) is 11.4 Å². The van der Waals surface area contributed by atoms with Crippen LogP contribution in [0.15, 0.2) is 40.1 Å². The molecule has 0 spiro atoms. The zero-order valence-corrected chi connectivity index (χ0v) is 10.5. The predicted octanol–water partition coefficient (Wildman–Crippen LogP) is 3.31. The summed E-state index contributed by atoms with van der Waals surface area (Å²) < 4.78 is 1.03. The second kappa shape index (κ2) is 4.36. The van der Waals surface area contributed by atoms with Gasteiger partial charge in [-0.25, -0.2) is 0 Å². The van der Waals surface area contributed by atoms with Crippen molar-refractivity contribution in [2.75, 3.05) is 0 Å². The highest BCUT2D eigenvalue weighted by Crippen LogP contribution is 2.18. The first-order valence-electron chi connectivity index (χ1n) is 4.25. The van der Waals surface area contributed by atoms with Gasteiger partial charge in [0.1, 0.15) is 0 Å². The van der Waals surface area contributed by atoms with Crippen molar-refractivity contribution in [3.05, 3.63) is 40.8 Å². The lowest BCUT2D eigenvalue weighted by atomic mass is 10.1. The fourth-order valence-electron chi connectivity index (χ4n) is 1.27. The van der Waals surface area contributed by atoms with Crippen molar-refractivity contribution < 1.29 is 0 Å². The lowest BCUT2D eigenvalue weighted by Crippen LogP contribution is -2.11. The molecule has 0 aromatic carbocycles. The zero-order chi connectivity index (χ0) is 9.97. The van der Waals surface area contributed by atoms with Crippen molar-refractivity contribution in [3.8, 4) is 0 Å². The van der Waals surface area contributed by atoms with Crippen LogP contribution in [-0.2, 0) is 0 Å². The molecule has 1 aliphatic heterocycles. The van der Waals surface area contributed by atoms with Gasteiger partial charge in [0.2, 0.25) is 0 Å². The van der Waals surface area contributed by atoms with E-state index in [1.807, 2.05) is 24.4 Å². The number of aromatic nitrogens is 1. The highest BCUT2D eigenvalue weighted by atomic mass is 79.9. The Bertz CT molecular complexity index is 399. The molecule has 0 amide bonds. The van der Waals surface area contributed by atoms with Gasteiger partial charge >= 0.3 is 0 Å². The van der Waals surface area contributed by atoms with Crippen molar-refractivity contribution in [1.82, 2.24) is 4.98 Å². The van der Waals surface area contributed by atoms with E-state index in [0.717, 1.165) is 22.3 Å². The molecule has 0 aliphatic carbocycles. The molecule has 1 unspecified atom stereocenters. The van der Waals surface area contributed by atoms with Gasteiger partial charge in [0.25, 0.3) is 0 Å². The molecule has 72 valence electrons. The van der Waals surface area contributed by atoms with Crippen LogP contribution in [0, 0.1) is 0 Å². The Morgan fingerprint density at radius 1 is 1.43 bits per heavy atom. The number of aliphatic imine (C=N–C) groups is 1. The Kier molecular flexibility index (Phi) is 3.13. The smallest absolute Gasteiger partial charge is 0.0856 e. The van der Waals surface area contributed by atoms with Crippen LogP contribution in [0.3, 0.4) is 0 Å². The van der Waals surface area contributed by atoms with Crippen molar-refractivity contribution in [1.29, 1.82) is 0 Å². The summed E-state index contributed by atoms with van der Waals surface area (Å²) in [5, 5.41) is 0. The summed E-state index contributed by atoms with van der Waals surface area (Å²) in [6, 6.07) is 3.89. The van der Waals surface area contributed by atoms with Crippen LogP contribution in [0.2, 0.25) is 0 Å². The molecule has 0 N–H and O–H groups in total. The largest absolute Gasteiger partial charge is 0.259 e. The van der Waals surface area contributed by atoms with Crippen molar-refractivity contribution in [3.63, 3.8) is 0 Å². The minimum Gasteiger partial charge on any atom is -0.259 e. The van der Waals surface area contributed by atoms with E-state index in [2.05, 4.69) is 41.8 Å². The minimum absolute atomic E-state index is 0.371. The van der Waals surface area contributed by atoms with Gasteiger partial charge in [-0.3, -0.25) is 9.98 Å². The Labute approximate surface area is 99.4 Å². The lowest BCUT2D eigenvalue weighted by molar-refractivity contribution is 1.08. The maximum absolute atomic E-state index is 4.31. The molecule has 1 aromatic rings. The summed E-state index contributed by atoms with van der Waals surface area (Å²) in [6.07, 6.45) is 6.52. The van der Waals surface area contributed by atoms with Gasteiger partial charge in [-0.15, -0.1) is 0 Å². The molecule has 0 saturated carbocycles. The van der Waals surface area contributed by atoms with Gasteiger partial charge in [-0.05, 0) is 12.1 Å². The predicted molar refractivity (Wildman–Crippen MR) is 64.9 cm³/mol. The monoisotopic (exact) mass is 314 g/mol. The summed E-state index contributed by atoms with van der Waals surface area (Å²) >= 11 is 6.96. The number of pyridine rings is 1. The summed E-state index contributed by atoms with van der Waals surface area (Å²) in [6.45, 7) is 0.